The average molecular weight is 322 g/mol. The predicted molar refractivity (Wildman–Crippen MR) is 96.9 cm³/mol. The first kappa shape index (κ1) is 16.1. The SMILES string of the molecule is CC[C@H](C)Nc1nc(NCc2ccco2)cc(-c2ccccc2)n1. The first-order valence-electron chi connectivity index (χ1n) is 8.22. The molecule has 2 aromatic heterocycles. The van der Waals surface area contributed by atoms with Gasteiger partial charge in [0.1, 0.15) is 11.6 Å². The van der Waals surface area contributed by atoms with Gasteiger partial charge in [-0.05, 0) is 25.5 Å². The molecular weight excluding hydrogens is 300 g/mol. The van der Waals surface area contributed by atoms with Crippen molar-refractivity contribution in [3.05, 3.63) is 60.6 Å². The summed E-state index contributed by atoms with van der Waals surface area (Å²) >= 11 is 0. The molecule has 0 aliphatic carbocycles. The third-order valence-corrected chi connectivity index (χ3v) is 3.81. The van der Waals surface area contributed by atoms with E-state index in [-0.39, 0.29) is 0 Å². The van der Waals surface area contributed by atoms with Crippen molar-refractivity contribution in [1.29, 1.82) is 0 Å². The van der Waals surface area contributed by atoms with Crippen LogP contribution in [0.1, 0.15) is 26.0 Å². The number of furan rings is 1. The quantitative estimate of drug-likeness (QED) is 0.667. The van der Waals surface area contributed by atoms with Crippen LogP contribution < -0.4 is 10.6 Å². The van der Waals surface area contributed by atoms with E-state index in [1.165, 1.54) is 0 Å². The first-order chi connectivity index (χ1) is 11.7. The average Bonchev–Trinajstić information content (AvgIpc) is 3.14. The van der Waals surface area contributed by atoms with Crippen molar-refractivity contribution in [2.45, 2.75) is 32.9 Å². The predicted octanol–water partition coefficient (Wildman–Crippen LogP) is 4.56. The minimum Gasteiger partial charge on any atom is -0.467 e. The molecule has 0 bridgehead atoms. The number of hydrogen-bond acceptors (Lipinski definition) is 5. The second-order valence-corrected chi connectivity index (χ2v) is 5.71. The van der Waals surface area contributed by atoms with E-state index in [0.717, 1.165) is 29.3 Å². The van der Waals surface area contributed by atoms with E-state index in [1.54, 1.807) is 6.26 Å². The zero-order valence-electron chi connectivity index (χ0n) is 14.0. The molecule has 3 aromatic rings. The highest BCUT2D eigenvalue weighted by Gasteiger charge is 2.09. The molecule has 0 aliphatic rings. The highest BCUT2D eigenvalue weighted by atomic mass is 16.3. The van der Waals surface area contributed by atoms with Crippen molar-refractivity contribution in [2.24, 2.45) is 0 Å². The van der Waals surface area contributed by atoms with Gasteiger partial charge in [0.05, 0.1) is 18.5 Å². The van der Waals surface area contributed by atoms with Crippen molar-refractivity contribution in [3.8, 4) is 11.3 Å². The largest absolute Gasteiger partial charge is 0.467 e. The van der Waals surface area contributed by atoms with Gasteiger partial charge in [-0.25, -0.2) is 4.98 Å². The number of nitrogens with one attached hydrogen (secondary N) is 2. The van der Waals surface area contributed by atoms with Crippen LogP contribution in [-0.2, 0) is 6.54 Å². The molecule has 5 heteroatoms. The van der Waals surface area contributed by atoms with Crippen molar-refractivity contribution in [3.63, 3.8) is 0 Å². The highest BCUT2D eigenvalue weighted by molar-refractivity contribution is 5.64. The molecule has 2 N–H and O–H groups in total. The molecule has 0 aliphatic heterocycles. The maximum atomic E-state index is 5.36. The molecule has 124 valence electrons. The molecule has 5 nitrogen and oxygen atoms in total. The standard InChI is InChI=1S/C19H22N4O/c1-3-14(2)21-19-22-17(15-8-5-4-6-9-15)12-18(23-19)20-13-16-10-7-11-24-16/h4-12,14H,3,13H2,1-2H3,(H2,20,21,22,23)/t14-/m0/s1. The lowest BCUT2D eigenvalue weighted by Gasteiger charge is -2.14. The second kappa shape index (κ2) is 7.64. The van der Waals surface area contributed by atoms with Crippen molar-refractivity contribution >= 4 is 11.8 Å². The molecule has 1 atom stereocenters. The van der Waals surface area contributed by atoms with E-state index >= 15 is 0 Å². The lowest BCUT2D eigenvalue weighted by Crippen LogP contribution is -2.16. The summed E-state index contributed by atoms with van der Waals surface area (Å²) in [5.74, 6) is 2.27. The fourth-order valence-corrected chi connectivity index (χ4v) is 2.27. The Balaban J connectivity index is 1.87. The number of rotatable bonds is 7. The maximum absolute atomic E-state index is 5.36. The minimum atomic E-state index is 0.314. The van der Waals surface area contributed by atoms with Gasteiger partial charge in [-0.2, -0.15) is 4.98 Å². The summed E-state index contributed by atoms with van der Waals surface area (Å²) in [5, 5.41) is 6.65. The van der Waals surface area contributed by atoms with E-state index in [4.69, 9.17) is 4.42 Å². The summed E-state index contributed by atoms with van der Waals surface area (Å²) in [6, 6.07) is 16.2. The Morgan fingerprint density at radius 3 is 2.62 bits per heavy atom. The summed E-state index contributed by atoms with van der Waals surface area (Å²) < 4.78 is 5.36. The van der Waals surface area contributed by atoms with E-state index in [0.29, 0.717) is 18.5 Å². The summed E-state index contributed by atoms with van der Waals surface area (Å²) in [6.07, 6.45) is 2.68. The molecule has 0 saturated heterocycles. The van der Waals surface area contributed by atoms with Crippen LogP contribution in [0.15, 0.2) is 59.2 Å². The molecule has 2 heterocycles. The molecule has 0 radical (unpaired) electrons. The molecule has 0 amide bonds. The van der Waals surface area contributed by atoms with Crippen LogP contribution >= 0.6 is 0 Å². The molecule has 24 heavy (non-hydrogen) atoms. The van der Waals surface area contributed by atoms with Gasteiger partial charge in [-0.1, -0.05) is 37.3 Å². The summed E-state index contributed by atoms with van der Waals surface area (Å²) in [7, 11) is 0. The zero-order valence-corrected chi connectivity index (χ0v) is 14.0. The highest BCUT2D eigenvalue weighted by Crippen LogP contribution is 2.22. The minimum absolute atomic E-state index is 0.314. The molecule has 0 spiro atoms. The van der Waals surface area contributed by atoms with Gasteiger partial charge in [-0.15, -0.1) is 0 Å². The Morgan fingerprint density at radius 1 is 1.08 bits per heavy atom. The van der Waals surface area contributed by atoms with Crippen molar-refractivity contribution in [2.75, 3.05) is 10.6 Å². The van der Waals surface area contributed by atoms with Gasteiger partial charge >= 0.3 is 0 Å². The van der Waals surface area contributed by atoms with E-state index < -0.39 is 0 Å². The number of hydrogen-bond donors (Lipinski definition) is 2. The lowest BCUT2D eigenvalue weighted by atomic mass is 10.1. The first-order valence-corrected chi connectivity index (χ1v) is 8.22. The molecule has 0 unspecified atom stereocenters. The fraction of sp³-hybridized carbons (Fsp3) is 0.263. The van der Waals surface area contributed by atoms with Gasteiger partial charge in [-0.3, -0.25) is 0 Å². The van der Waals surface area contributed by atoms with Crippen molar-refractivity contribution in [1.82, 2.24) is 9.97 Å². The topological polar surface area (TPSA) is 63.0 Å². The van der Waals surface area contributed by atoms with Crippen LogP contribution in [0.3, 0.4) is 0 Å². The molecular formula is C19H22N4O. The van der Waals surface area contributed by atoms with E-state index in [9.17, 15) is 0 Å². The number of benzene rings is 1. The van der Waals surface area contributed by atoms with Gasteiger partial charge in [0, 0.05) is 17.7 Å². The third-order valence-electron chi connectivity index (χ3n) is 3.81. The normalized spacial score (nSPS) is 11.9. The van der Waals surface area contributed by atoms with Crippen LogP contribution in [-0.4, -0.2) is 16.0 Å². The molecule has 1 aromatic carbocycles. The van der Waals surface area contributed by atoms with Crippen molar-refractivity contribution < 1.29 is 4.42 Å². The molecule has 0 fully saturated rings. The number of aromatic nitrogens is 2. The number of nitrogens with zero attached hydrogens (tertiary/aromatic N) is 2. The Morgan fingerprint density at radius 2 is 1.92 bits per heavy atom. The van der Waals surface area contributed by atoms with Gasteiger partial charge < -0.3 is 15.1 Å². The van der Waals surface area contributed by atoms with Crippen LogP contribution in [0.2, 0.25) is 0 Å². The Hall–Kier alpha value is -2.82. The molecule has 0 saturated carbocycles. The number of anilines is 2. The Labute approximate surface area is 142 Å². The second-order valence-electron chi connectivity index (χ2n) is 5.71. The van der Waals surface area contributed by atoms with Crippen LogP contribution in [0.4, 0.5) is 11.8 Å². The van der Waals surface area contributed by atoms with Crippen LogP contribution in [0.25, 0.3) is 11.3 Å². The van der Waals surface area contributed by atoms with E-state index in [1.807, 2.05) is 48.5 Å². The summed E-state index contributed by atoms with van der Waals surface area (Å²) in [6.45, 7) is 4.84. The smallest absolute Gasteiger partial charge is 0.225 e. The van der Waals surface area contributed by atoms with Gasteiger partial charge in [0.2, 0.25) is 5.95 Å². The maximum Gasteiger partial charge on any atom is 0.225 e. The van der Waals surface area contributed by atoms with Gasteiger partial charge in [0.15, 0.2) is 0 Å². The summed E-state index contributed by atoms with van der Waals surface area (Å²) in [4.78, 5) is 9.22. The molecule has 3 rings (SSSR count). The van der Waals surface area contributed by atoms with Crippen LogP contribution in [0.5, 0.6) is 0 Å². The Bertz CT molecular complexity index is 756. The van der Waals surface area contributed by atoms with Crippen LogP contribution in [0, 0.1) is 0 Å². The third kappa shape index (κ3) is 4.13. The lowest BCUT2D eigenvalue weighted by molar-refractivity contribution is 0.518. The monoisotopic (exact) mass is 322 g/mol. The Kier molecular flexibility index (Phi) is 5.11. The zero-order chi connectivity index (χ0) is 16.8. The van der Waals surface area contributed by atoms with E-state index in [2.05, 4.69) is 34.4 Å². The van der Waals surface area contributed by atoms with Gasteiger partial charge in [0.25, 0.3) is 0 Å². The summed E-state index contributed by atoms with van der Waals surface area (Å²) in [5.41, 5.74) is 1.95. The fourth-order valence-electron chi connectivity index (χ4n) is 2.27.